The Bertz CT molecular complexity index is 601. The van der Waals surface area contributed by atoms with E-state index in [1.165, 1.54) is 0 Å². The van der Waals surface area contributed by atoms with Crippen molar-refractivity contribution in [3.63, 3.8) is 0 Å². The number of ether oxygens (including phenoxy) is 1. The minimum Gasteiger partial charge on any atom is -0.496 e. The van der Waals surface area contributed by atoms with E-state index in [1.54, 1.807) is 7.11 Å². The van der Waals surface area contributed by atoms with Gasteiger partial charge in [-0.3, -0.25) is 9.59 Å². The Balaban J connectivity index is 1.84. The van der Waals surface area contributed by atoms with Crippen LogP contribution in [0.25, 0.3) is 0 Å². The molecule has 6 nitrogen and oxygen atoms in total. The molecule has 1 saturated heterocycles. The zero-order valence-corrected chi connectivity index (χ0v) is 13.2. The first kappa shape index (κ1) is 16.8. The van der Waals surface area contributed by atoms with Gasteiger partial charge in [0.25, 0.3) is 0 Å². The van der Waals surface area contributed by atoms with E-state index in [-0.39, 0.29) is 24.3 Å². The molecule has 0 aliphatic carbocycles. The van der Waals surface area contributed by atoms with Gasteiger partial charge in [-0.25, -0.2) is 0 Å². The van der Waals surface area contributed by atoms with E-state index in [0.29, 0.717) is 19.5 Å². The van der Waals surface area contributed by atoms with Crippen LogP contribution in [-0.2, 0) is 16.0 Å². The summed E-state index contributed by atoms with van der Waals surface area (Å²) in [6, 6.07) is 9.39. The molecule has 23 heavy (non-hydrogen) atoms. The standard InChI is InChI=1S/C17H21N3O3/c1-23-15-5-3-2-4-13(15)12-17(22)20-10-7-14(8-11-20)19-16(21)6-9-18/h2-5,14H,6-8,10-12H2,1H3,(H,19,21). The molecule has 0 unspecified atom stereocenters. The number of rotatable bonds is 5. The molecule has 6 heteroatoms. The highest BCUT2D eigenvalue weighted by Crippen LogP contribution is 2.19. The summed E-state index contributed by atoms with van der Waals surface area (Å²) in [4.78, 5) is 25.6. The van der Waals surface area contributed by atoms with Crippen molar-refractivity contribution in [3.05, 3.63) is 29.8 Å². The Labute approximate surface area is 136 Å². The Morgan fingerprint density at radius 3 is 2.70 bits per heavy atom. The number of hydrogen-bond acceptors (Lipinski definition) is 4. The molecule has 1 aromatic carbocycles. The number of nitrogens with zero attached hydrogens (tertiary/aromatic N) is 2. The monoisotopic (exact) mass is 315 g/mol. The number of carbonyl (C=O) groups excluding carboxylic acids is 2. The predicted octanol–water partition coefficient (Wildman–Crippen LogP) is 1.26. The number of hydrogen-bond donors (Lipinski definition) is 1. The molecular weight excluding hydrogens is 294 g/mol. The molecule has 0 atom stereocenters. The molecule has 1 N–H and O–H groups in total. The van der Waals surface area contributed by atoms with Crippen molar-refractivity contribution >= 4 is 11.8 Å². The van der Waals surface area contributed by atoms with E-state index in [9.17, 15) is 9.59 Å². The smallest absolute Gasteiger partial charge is 0.234 e. The summed E-state index contributed by atoms with van der Waals surface area (Å²) in [5, 5.41) is 11.3. The van der Waals surface area contributed by atoms with Gasteiger partial charge in [-0.1, -0.05) is 18.2 Å². The summed E-state index contributed by atoms with van der Waals surface area (Å²) in [6.07, 6.45) is 1.63. The molecule has 0 saturated carbocycles. The van der Waals surface area contributed by atoms with Crippen molar-refractivity contribution in [2.75, 3.05) is 20.2 Å². The number of amides is 2. The van der Waals surface area contributed by atoms with Crippen LogP contribution in [0.4, 0.5) is 0 Å². The number of para-hydroxylation sites is 1. The average Bonchev–Trinajstić information content (AvgIpc) is 2.56. The van der Waals surface area contributed by atoms with Crippen LogP contribution >= 0.6 is 0 Å². The summed E-state index contributed by atoms with van der Waals surface area (Å²) < 4.78 is 5.27. The molecule has 1 aliphatic heterocycles. The molecule has 1 aromatic rings. The van der Waals surface area contributed by atoms with Gasteiger partial charge in [0, 0.05) is 24.7 Å². The largest absolute Gasteiger partial charge is 0.496 e. The van der Waals surface area contributed by atoms with Crippen molar-refractivity contribution in [2.24, 2.45) is 0 Å². The minimum absolute atomic E-state index is 0.0474. The Hall–Kier alpha value is -2.55. The van der Waals surface area contributed by atoms with Crippen LogP contribution in [0, 0.1) is 11.3 Å². The Morgan fingerprint density at radius 1 is 1.35 bits per heavy atom. The second-order valence-corrected chi connectivity index (χ2v) is 5.55. The zero-order valence-electron chi connectivity index (χ0n) is 13.2. The Morgan fingerprint density at radius 2 is 2.04 bits per heavy atom. The van der Waals surface area contributed by atoms with Crippen molar-refractivity contribution in [1.29, 1.82) is 5.26 Å². The summed E-state index contributed by atoms with van der Waals surface area (Å²) >= 11 is 0. The first-order valence-corrected chi connectivity index (χ1v) is 7.70. The van der Waals surface area contributed by atoms with E-state index in [0.717, 1.165) is 24.2 Å². The van der Waals surface area contributed by atoms with E-state index in [4.69, 9.17) is 10.00 Å². The number of methoxy groups -OCH3 is 1. The van der Waals surface area contributed by atoms with Crippen LogP contribution in [0.15, 0.2) is 24.3 Å². The molecule has 1 aliphatic rings. The number of likely N-dealkylation sites (tertiary alicyclic amines) is 1. The van der Waals surface area contributed by atoms with Crippen molar-refractivity contribution < 1.29 is 14.3 Å². The van der Waals surface area contributed by atoms with Crippen LogP contribution in [-0.4, -0.2) is 43.0 Å². The molecule has 0 bridgehead atoms. The fraction of sp³-hybridized carbons (Fsp3) is 0.471. The minimum atomic E-state index is -0.244. The van der Waals surface area contributed by atoms with Crippen molar-refractivity contribution in [1.82, 2.24) is 10.2 Å². The van der Waals surface area contributed by atoms with Gasteiger partial charge in [0.05, 0.1) is 19.6 Å². The normalized spacial score (nSPS) is 14.9. The van der Waals surface area contributed by atoms with Crippen LogP contribution in [0.5, 0.6) is 5.75 Å². The zero-order chi connectivity index (χ0) is 16.7. The van der Waals surface area contributed by atoms with Crippen LogP contribution in [0.2, 0.25) is 0 Å². The number of carbonyl (C=O) groups is 2. The maximum absolute atomic E-state index is 12.4. The van der Waals surface area contributed by atoms with Crippen molar-refractivity contribution in [3.8, 4) is 11.8 Å². The number of nitriles is 1. The maximum Gasteiger partial charge on any atom is 0.234 e. The maximum atomic E-state index is 12.4. The van der Waals surface area contributed by atoms with Gasteiger partial charge in [-0.2, -0.15) is 5.26 Å². The van der Waals surface area contributed by atoms with Gasteiger partial charge in [0.1, 0.15) is 12.2 Å². The van der Waals surface area contributed by atoms with Crippen molar-refractivity contribution in [2.45, 2.75) is 31.7 Å². The molecule has 0 aromatic heterocycles. The number of piperidine rings is 1. The summed E-state index contributed by atoms with van der Waals surface area (Å²) in [7, 11) is 1.60. The first-order chi connectivity index (χ1) is 11.1. The summed E-state index contributed by atoms with van der Waals surface area (Å²) in [6.45, 7) is 1.23. The van der Waals surface area contributed by atoms with E-state index in [2.05, 4.69) is 5.32 Å². The van der Waals surface area contributed by atoms with E-state index < -0.39 is 0 Å². The lowest BCUT2D eigenvalue weighted by molar-refractivity contribution is -0.131. The highest BCUT2D eigenvalue weighted by atomic mass is 16.5. The van der Waals surface area contributed by atoms with Gasteiger partial charge in [-0.05, 0) is 18.9 Å². The van der Waals surface area contributed by atoms with Crippen LogP contribution in [0.1, 0.15) is 24.8 Å². The Kier molecular flexibility index (Phi) is 5.98. The van der Waals surface area contributed by atoms with Gasteiger partial charge >= 0.3 is 0 Å². The number of nitrogens with one attached hydrogen (secondary N) is 1. The predicted molar refractivity (Wildman–Crippen MR) is 84.7 cm³/mol. The van der Waals surface area contributed by atoms with Gasteiger partial charge in [0.15, 0.2) is 0 Å². The fourth-order valence-corrected chi connectivity index (χ4v) is 2.75. The lowest BCUT2D eigenvalue weighted by atomic mass is 10.0. The van der Waals surface area contributed by atoms with Gasteiger partial charge in [-0.15, -0.1) is 0 Å². The van der Waals surface area contributed by atoms with E-state index in [1.807, 2.05) is 35.2 Å². The first-order valence-electron chi connectivity index (χ1n) is 7.70. The third-order valence-electron chi connectivity index (χ3n) is 3.99. The van der Waals surface area contributed by atoms with Gasteiger partial charge in [0.2, 0.25) is 11.8 Å². The quantitative estimate of drug-likeness (QED) is 0.887. The molecular formula is C17H21N3O3. The summed E-state index contributed by atoms with van der Waals surface area (Å²) in [5.74, 6) is 0.544. The molecule has 1 heterocycles. The second kappa shape index (κ2) is 8.18. The molecule has 1 fully saturated rings. The lowest BCUT2D eigenvalue weighted by Crippen LogP contribution is -2.46. The summed E-state index contributed by atoms with van der Waals surface area (Å²) in [5.41, 5.74) is 0.879. The highest BCUT2D eigenvalue weighted by molar-refractivity contribution is 5.80. The van der Waals surface area contributed by atoms with Gasteiger partial charge < -0.3 is 15.0 Å². The third kappa shape index (κ3) is 4.71. The van der Waals surface area contributed by atoms with E-state index >= 15 is 0 Å². The molecule has 0 radical (unpaired) electrons. The molecule has 0 spiro atoms. The molecule has 2 amide bonds. The topological polar surface area (TPSA) is 82.4 Å². The second-order valence-electron chi connectivity index (χ2n) is 5.55. The third-order valence-corrected chi connectivity index (χ3v) is 3.99. The fourth-order valence-electron chi connectivity index (χ4n) is 2.75. The average molecular weight is 315 g/mol. The lowest BCUT2D eigenvalue weighted by Gasteiger charge is -2.32. The van der Waals surface area contributed by atoms with Crippen LogP contribution in [0.3, 0.4) is 0 Å². The molecule has 122 valence electrons. The number of benzene rings is 1. The molecule has 2 rings (SSSR count). The SMILES string of the molecule is COc1ccccc1CC(=O)N1CCC(NC(=O)CC#N)CC1. The van der Waals surface area contributed by atoms with Crippen LogP contribution < -0.4 is 10.1 Å². The highest BCUT2D eigenvalue weighted by Gasteiger charge is 2.24.